The third-order valence-electron chi connectivity index (χ3n) is 4.96. The Kier molecular flexibility index (Phi) is 6.83. The molecule has 1 N–H and O–H groups in total. The van der Waals surface area contributed by atoms with Gasteiger partial charge in [-0.15, -0.1) is 0 Å². The van der Waals surface area contributed by atoms with Crippen LogP contribution in [0.2, 0.25) is 0 Å². The summed E-state index contributed by atoms with van der Waals surface area (Å²) < 4.78 is 88.6. The first-order valence-electron chi connectivity index (χ1n) is 8.91. The summed E-state index contributed by atoms with van der Waals surface area (Å²) in [5.41, 5.74) is -4.45. The van der Waals surface area contributed by atoms with Crippen molar-refractivity contribution in [2.75, 3.05) is 19.7 Å². The van der Waals surface area contributed by atoms with Crippen LogP contribution >= 0.6 is 0 Å². The van der Waals surface area contributed by atoms with Gasteiger partial charge < -0.3 is 10.1 Å². The van der Waals surface area contributed by atoms with Crippen molar-refractivity contribution in [1.29, 1.82) is 0 Å². The van der Waals surface area contributed by atoms with E-state index >= 15 is 0 Å². The van der Waals surface area contributed by atoms with E-state index in [1.165, 1.54) is 5.32 Å². The van der Waals surface area contributed by atoms with E-state index in [9.17, 15) is 31.1 Å². The van der Waals surface area contributed by atoms with Crippen molar-refractivity contribution in [3.8, 4) is 0 Å². The molecule has 1 heterocycles. The molecule has 0 bridgehead atoms. The number of hydrogen-bond donors (Lipinski definition) is 1. The van der Waals surface area contributed by atoms with Gasteiger partial charge in [-0.2, -0.15) is 26.3 Å². The monoisotopic (exact) mass is 402 g/mol. The summed E-state index contributed by atoms with van der Waals surface area (Å²) in [6.07, 6.45) is -6.16. The van der Waals surface area contributed by atoms with Crippen LogP contribution in [-0.4, -0.2) is 54.6 Å². The van der Waals surface area contributed by atoms with E-state index in [0.29, 0.717) is 50.5 Å². The van der Waals surface area contributed by atoms with E-state index < -0.39 is 43.1 Å². The zero-order chi connectivity index (χ0) is 20.3. The number of halogens is 6. The van der Waals surface area contributed by atoms with Crippen LogP contribution in [-0.2, 0) is 9.53 Å². The molecule has 156 valence electrons. The Labute approximate surface area is 153 Å². The van der Waals surface area contributed by atoms with Crippen molar-refractivity contribution in [3.63, 3.8) is 0 Å². The second-order valence-corrected chi connectivity index (χ2v) is 7.08. The van der Waals surface area contributed by atoms with Crippen molar-refractivity contribution in [1.82, 2.24) is 10.2 Å². The van der Waals surface area contributed by atoms with Crippen molar-refractivity contribution in [2.24, 2.45) is 5.92 Å². The third-order valence-corrected chi connectivity index (χ3v) is 4.96. The number of amides is 1. The molecule has 4 nitrogen and oxygen atoms in total. The molecule has 1 amide bonds. The molecule has 1 aliphatic carbocycles. The van der Waals surface area contributed by atoms with Crippen LogP contribution in [0.3, 0.4) is 0 Å². The van der Waals surface area contributed by atoms with Crippen molar-refractivity contribution in [2.45, 2.75) is 63.1 Å². The Morgan fingerprint density at radius 2 is 1.78 bits per heavy atom. The minimum atomic E-state index is -5.75. The first-order valence-corrected chi connectivity index (χ1v) is 8.91. The normalized spacial score (nSPS) is 24.4. The van der Waals surface area contributed by atoms with Gasteiger partial charge in [-0.05, 0) is 38.0 Å². The van der Waals surface area contributed by atoms with Crippen molar-refractivity contribution in [3.05, 3.63) is 12.2 Å². The van der Waals surface area contributed by atoms with Gasteiger partial charge in [-0.25, -0.2) is 0 Å². The SMILES string of the molecule is CC(=O)NC(N(CC1CC=CCC1)CC1CCCO1)(C(F)(F)F)C(F)(F)F. The molecule has 2 atom stereocenters. The maximum absolute atomic E-state index is 13.9. The summed E-state index contributed by atoms with van der Waals surface area (Å²) >= 11 is 0. The second kappa shape index (κ2) is 8.38. The summed E-state index contributed by atoms with van der Waals surface area (Å²) in [5, 5.41) is 1.20. The second-order valence-electron chi connectivity index (χ2n) is 7.08. The summed E-state index contributed by atoms with van der Waals surface area (Å²) in [7, 11) is 0. The molecule has 2 unspecified atom stereocenters. The van der Waals surface area contributed by atoms with Gasteiger partial charge in [-0.1, -0.05) is 12.2 Å². The number of hydrogen-bond acceptors (Lipinski definition) is 3. The maximum Gasteiger partial charge on any atom is 0.434 e. The molecule has 1 fully saturated rings. The fourth-order valence-electron chi connectivity index (χ4n) is 3.71. The Balaban J connectivity index is 2.45. The number of rotatable bonds is 6. The smallest absolute Gasteiger partial charge is 0.377 e. The van der Waals surface area contributed by atoms with Crippen molar-refractivity contribution < 1.29 is 35.9 Å². The van der Waals surface area contributed by atoms with Crippen LogP contribution in [0.1, 0.15) is 39.0 Å². The molecule has 27 heavy (non-hydrogen) atoms. The number of carbonyl (C=O) groups excluding carboxylic acids is 1. The highest BCUT2D eigenvalue weighted by Gasteiger charge is 2.75. The molecule has 0 spiro atoms. The first kappa shape index (κ1) is 22.0. The lowest BCUT2D eigenvalue weighted by Gasteiger charge is -2.47. The Bertz CT molecular complexity index is 527. The van der Waals surface area contributed by atoms with Gasteiger partial charge in [0.25, 0.3) is 5.66 Å². The number of ether oxygens (including phenoxy) is 1. The van der Waals surface area contributed by atoms with Gasteiger partial charge in [0.15, 0.2) is 0 Å². The molecule has 0 aromatic heterocycles. The molecule has 2 aliphatic rings. The number of nitrogens with one attached hydrogen (secondary N) is 1. The molecule has 2 rings (SSSR count). The lowest BCUT2D eigenvalue weighted by atomic mass is 9.92. The lowest BCUT2D eigenvalue weighted by Crippen LogP contribution is -2.77. The molecule has 1 aliphatic heterocycles. The van der Waals surface area contributed by atoms with Crippen LogP contribution in [0.25, 0.3) is 0 Å². The molecule has 0 aromatic carbocycles. The fourth-order valence-corrected chi connectivity index (χ4v) is 3.71. The lowest BCUT2D eigenvalue weighted by molar-refractivity contribution is -0.352. The zero-order valence-electron chi connectivity index (χ0n) is 15.0. The van der Waals surface area contributed by atoms with Crippen LogP contribution in [0.15, 0.2) is 12.2 Å². The molecule has 0 saturated carbocycles. The summed E-state index contributed by atoms with van der Waals surface area (Å²) in [5.74, 6) is -1.76. The topological polar surface area (TPSA) is 41.6 Å². The number of carbonyl (C=O) groups is 1. The van der Waals surface area contributed by atoms with Gasteiger partial charge >= 0.3 is 12.4 Å². The van der Waals surface area contributed by atoms with Crippen molar-refractivity contribution >= 4 is 5.91 Å². The zero-order valence-corrected chi connectivity index (χ0v) is 15.0. The van der Waals surface area contributed by atoms with E-state index in [1.54, 1.807) is 6.08 Å². The Morgan fingerprint density at radius 1 is 1.11 bits per heavy atom. The van der Waals surface area contributed by atoms with Gasteiger partial charge in [0.1, 0.15) is 0 Å². The molecule has 1 saturated heterocycles. The molecule has 0 radical (unpaired) electrons. The predicted octanol–water partition coefficient (Wildman–Crippen LogP) is 3.78. The fraction of sp³-hybridized carbons (Fsp3) is 0.824. The summed E-state index contributed by atoms with van der Waals surface area (Å²) in [6.45, 7) is -0.0430. The predicted molar refractivity (Wildman–Crippen MR) is 85.7 cm³/mol. The largest absolute Gasteiger partial charge is 0.434 e. The molecule has 10 heteroatoms. The minimum absolute atomic E-state index is 0.301. The van der Waals surface area contributed by atoms with Gasteiger partial charge in [-0.3, -0.25) is 9.69 Å². The average Bonchev–Trinajstić information content (AvgIpc) is 3.03. The Hall–Kier alpha value is -1.29. The molecular weight excluding hydrogens is 378 g/mol. The van der Waals surface area contributed by atoms with E-state index in [1.807, 2.05) is 6.08 Å². The number of nitrogens with zero attached hydrogens (tertiary/aromatic N) is 1. The highest BCUT2D eigenvalue weighted by molar-refractivity contribution is 5.74. The van der Waals surface area contributed by atoms with Crippen LogP contribution in [0.5, 0.6) is 0 Å². The quantitative estimate of drug-likeness (QED) is 0.418. The number of alkyl halides is 6. The number of allylic oxidation sites excluding steroid dienone is 2. The molecule has 0 aromatic rings. The molecular formula is C17H24F6N2O2. The maximum atomic E-state index is 13.9. The van der Waals surface area contributed by atoms with E-state index in [0.717, 1.165) is 0 Å². The minimum Gasteiger partial charge on any atom is -0.377 e. The van der Waals surface area contributed by atoms with Crippen LogP contribution in [0.4, 0.5) is 26.3 Å². The van der Waals surface area contributed by atoms with Gasteiger partial charge in [0.2, 0.25) is 5.91 Å². The summed E-state index contributed by atoms with van der Waals surface area (Å²) in [6, 6.07) is 0. The van der Waals surface area contributed by atoms with Crippen LogP contribution in [0, 0.1) is 5.92 Å². The first-order chi connectivity index (χ1) is 12.5. The van der Waals surface area contributed by atoms with E-state index in [-0.39, 0.29) is 5.92 Å². The Morgan fingerprint density at radius 3 is 2.22 bits per heavy atom. The van der Waals surface area contributed by atoms with E-state index in [2.05, 4.69) is 0 Å². The highest BCUT2D eigenvalue weighted by atomic mass is 19.4. The standard InChI is InChI=1S/C17H24F6N2O2/c1-12(26)24-15(16(18,19)20,17(21,22)23)25(11-14-8-5-9-27-14)10-13-6-3-2-4-7-13/h2-3,13-14H,4-11H2,1H3,(H,24,26). The highest BCUT2D eigenvalue weighted by Crippen LogP contribution is 2.46. The average molecular weight is 402 g/mol. The summed E-state index contributed by atoms with van der Waals surface area (Å²) in [4.78, 5) is 11.7. The third kappa shape index (κ3) is 4.96. The van der Waals surface area contributed by atoms with Gasteiger partial charge in [0, 0.05) is 26.6 Å². The van der Waals surface area contributed by atoms with E-state index in [4.69, 9.17) is 4.74 Å². The van der Waals surface area contributed by atoms with Gasteiger partial charge in [0.05, 0.1) is 6.10 Å². The van der Waals surface area contributed by atoms with Crippen LogP contribution < -0.4 is 5.32 Å².